The molecule has 2 amide bonds. The Morgan fingerprint density at radius 2 is 1.42 bits per heavy atom. The zero-order valence-corrected chi connectivity index (χ0v) is 21.3. The minimum Gasteiger partial charge on any atom is -0.368 e. The molecule has 1 fully saturated rings. The topological polar surface area (TPSA) is 102 Å². The minimum atomic E-state index is -1.49. The van der Waals surface area contributed by atoms with Gasteiger partial charge in [-0.15, -0.1) is 0 Å². The molecule has 5 rings (SSSR count). The lowest BCUT2D eigenvalue weighted by atomic mass is 9.71. The number of rotatable bonds is 8. The first-order valence-corrected chi connectivity index (χ1v) is 13.0. The fraction of sp³-hybridized carbons (Fsp3) is 0.219. The van der Waals surface area contributed by atoms with E-state index in [1.807, 2.05) is 95.9 Å². The van der Waals surface area contributed by atoms with Crippen molar-refractivity contribution in [3.63, 3.8) is 0 Å². The molecule has 0 radical (unpaired) electrons. The number of likely N-dealkylation sites (tertiary alicyclic amines) is 1. The van der Waals surface area contributed by atoms with Crippen molar-refractivity contribution in [3.05, 3.63) is 126 Å². The van der Waals surface area contributed by atoms with Crippen molar-refractivity contribution in [3.8, 4) is 11.1 Å². The Kier molecular flexibility index (Phi) is 7.33. The average molecular weight is 505 g/mol. The second-order valence-electron chi connectivity index (χ2n) is 9.86. The van der Waals surface area contributed by atoms with Crippen LogP contribution in [-0.4, -0.2) is 34.8 Å². The van der Waals surface area contributed by atoms with Crippen LogP contribution in [0.1, 0.15) is 41.0 Å². The van der Waals surface area contributed by atoms with Gasteiger partial charge in [0, 0.05) is 31.4 Å². The molecular formula is C32H32N4O2. The summed E-state index contributed by atoms with van der Waals surface area (Å²) >= 11 is 0. The molecular weight excluding hydrogens is 472 g/mol. The van der Waals surface area contributed by atoms with Crippen molar-refractivity contribution in [2.75, 3.05) is 13.1 Å². The van der Waals surface area contributed by atoms with Gasteiger partial charge in [-0.05, 0) is 52.3 Å². The lowest BCUT2D eigenvalue weighted by Gasteiger charge is -2.36. The lowest BCUT2D eigenvalue weighted by Crippen LogP contribution is -2.53. The van der Waals surface area contributed by atoms with Crippen LogP contribution in [0.25, 0.3) is 11.1 Å². The SMILES string of the molecule is NC(=O)[C@@](N)(c1ccc(-c2ccncc2CC(=O)N2CCCC2)cc1)C(c1ccccc1)c1ccccc1. The first-order chi connectivity index (χ1) is 18.5. The molecule has 0 saturated carbocycles. The number of nitrogens with zero attached hydrogens (tertiary/aromatic N) is 2. The normalized spacial score (nSPS) is 14.8. The fourth-order valence-electron chi connectivity index (χ4n) is 5.48. The largest absolute Gasteiger partial charge is 0.368 e. The molecule has 38 heavy (non-hydrogen) atoms. The molecule has 6 nitrogen and oxygen atoms in total. The van der Waals surface area contributed by atoms with Gasteiger partial charge in [-0.1, -0.05) is 84.9 Å². The highest BCUT2D eigenvalue weighted by molar-refractivity contribution is 5.88. The zero-order valence-electron chi connectivity index (χ0n) is 21.3. The lowest BCUT2D eigenvalue weighted by molar-refractivity contribution is -0.129. The van der Waals surface area contributed by atoms with Gasteiger partial charge in [-0.3, -0.25) is 14.6 Å². The average Bonchev–Trinajstić information content (AvgIpc) is 3.50. The number of nitrogens with two attached hydrogens (primary N) is 2. The maximum absolute atomic E-state index is 13.1. The van der Waals surface area contributed by atoms with Gasteiger partial charge in [-0.2, -0.15) is 0 Å². The van der Waals surface area contributed by atoms with E-state index >= 15 is 0 Å². The molecule has 1 atom stereocenters. The summed E-state index contributed by atoms with van der Waals surface area (Å²) in [5.74, 6) is -0.969. The molecule has 2 heterocycles. The van der Waals surface area contributed by atoms with Crippen molar-refractivity contribution in [2.24, 2.45) is 11.5 Å². The van der Waals surface area contributed by atoms with Crippen LogP contribution in [0.15, 0.2) is 103 Å². The molecule has 4 N–H and O–H groups in total. The van der Waals surface area contributed by atoms with E-state index in [0.717, 1.165) is 53.7 Å². The summed E-state index contributed by atoms with van der Waals surface area (Å²) in [5, 5.41) is 0. The molecule has 1 aliphatic rings. The van der Waals surface area contributed by atoms with Crippen molar-refractivity contribution in [1.82, 2.24) is 9.88 Å². The Balaban J connectivity index is 1.52. The van der Waals surface area contributed by atoms with Gasteiger partial charge in [0.05, 0.1) is 6.42 Å². The van der Waals surface area contributed by atoms with Crippen molar-refractivity contribution >= 4 is 11.8 Å². The van der Waals surface area contributed by atoms with Crippen LogP contribution in [0.2, 0.25) is 0 Å². The van der Waals surface area contributed by atoms with Gasteiger partial charge < -0.3 is 16.4 Å². The van der Waals surface area contributed by atoms with E-state index in [1.54, 1.807) is 12.4 Å². The first kappa shape index (κ1) is 25.4. The molecule has 1 aromatic heterocycles. The van der Waals surface area contributed by atoms with E-state index in [4.69, 9.17) is 11.5 Å². The Bertz CT molecular complexity index is 1360. The highest BCUT2D eigenvalue weighted by Gasteiger charge is 2.44. The monoisotopic (exact) mass is 504 g/mol. The number of primary amides is 1. The molecule has 0 aliphatic carbocycles. The summed E-state index contributed by atoms with van der Waals surface area (Å²) in [5.41, 5.74) is 16.7. The van der Waals surface area contributed by atoms with Gasteiger partial charge in [0.2, 0.25) is 11.8 Å². The smallest absolute Gasteiger partial charge is 0.243 e. The van der Waals surface area contributed by atoms with E-state index < -0.39 is 17.4 Å². The molecule has 6 heteroatoms. The zero-order chi connectivity index (χ0) is 26.5. The van der Waals surface area contributed by atoms with Gasteiger partial charge in [-0.25, -0.2) is 0 Å². The molecule has 0 spiro atoms. The number of aromatic nitrogens is 1. The third-order valence-corrected chi connectivity index (χ3v) is 7.51. The van der Waals surface area contributed by atoms with Gasteiger partial charge >= 0.3 is 0 Å². The summed E-state index contributed by atoms with van der Waals surface area (Å²) in [4.78, 5) is 32.1. The molecule has 0 bridgehead atoms. The maximum atomic E-state index is 13.1. The van der Waals surface area contributed by atoms with Crippen molar-refractivity contribution in [1.29, 1.82) is 0 Å². The molecule has 3 aromatic carbocycles. The number of hydrogen-bond donors (Lipinski definition) is 2. The number of hydrogen-bond acceptors (Lipinski definition) is 4. The minimum absolute atomic E-state index is 0.122. The summed E-state index contributed by atoms with van der Waals surface area (Å²) in [6, 6.07) is 29.0. The van der Waals surface area contributed by atoms with Crippen LogP contribution < -0.4 is 11.5 Å². The third kappa shape index (κ3) is 4.95. The maximum Gasteiger partial charge on any atom is 0.243 e. The quantitative estimate of drug-likeness (QED) is 0.372. The number of pyridine rings is 1. The Labute approximate surface area is 223 Å². The van der Waals surface area contributed by atoms with Crippen LogP contribution in [-0.2, 0) is 21.5 Å². The Morgan fingerprint density at radius 3 is 1.97 bits per heavy atom. The van der Waals surface area contributed by atoms with E-state index in [0.29, 0.717) is 12.0 Å². The van der Waals surface area contributed by atoms with Crippen LogP contribution in [0.3, 0.4) is 0 Å². The Morgan fingerprint density at radius 1 is 0.842 bits per heavy atom. The number of benzene rings is 3. The second kappa shape index (κ2) is 11.0. The van der Waals surface area contributed by atoms with Gasteiger partial charge in [0.25, 0.3) is 0 Å². The summed E-state index contributed by atoms with van der Waals surface area (Å²) in [6.45, 7) is 1.64. The molecule has 1 saturated heterocycles. The Hall–Kier alpha value is -4.29. The van der Waals surface area contributed by atoms with Crippen molar-refractivity contribution in [2.45, 2.75) is 30.7 Å². The predicted octanol–water partition coefficient (Wildman–Crippen LogP) is 4.38. The summed E-state index contributed by atoms with van der Waals surface area (Å²) in [7, 11) is 0. The van der Waals surface area contributed by atoms with E-state index in [2.05, 4.69) is 4.98 Å². The fourth-order valence-corrected chi connectivity index (χ4v) is 5.48. The van der Waals surface area contributed by atoms with Gasteiger partial charge in [0.1, 0.15) is 5.54 Å². The van der Waals surface area contributed by atoms with E-state index in [9.17, 15) is 9.59 Å². The van der Waals surface area contributed by atoms with Crippen LogP contribution in [0, 0.1) is 0 Å². The van der Waals surface area contributed by atoms with Crippen LogP contribution >= 0.6 is 0 Å². The molecule has 0 unspecified atom stereocenters. The number of carbonyl (C=O) groups excluding carboxylic acids is 2. The van der Waals surface area contributed by atoms with Gasteiger partial charge in [0.15, 0.2) is 0 Å². The molecule has 192 valence electrons. The standard InChI is InChI=1S/C32H32N4O2/c33-31(38)32(34,30(24-9-3-1-4-10-24)25-11-5-2-6-12-25)27-15-13-23(14-16-27)28-17-18-35-22-26(28)21-29(37)36-19-7-8-20-36/h1-6,9-18,22,30H,7-8,19-21,34H2,(H2,33,38)/t32-/m1/s1. The predicted molar refractivity (Wildman–Crippen MR) is 149 cm³/mol. The highest BCUT2D eigenvalue weighted by atomic mass is 16.2. The second-order valence-corrected chi connectivity index (χ2v) is 9.86. The molecule has 1 aliphatic heterocycles. The van der Waals surface area contributed by atoms with Crippen LogP contribution in [0.5, 0.6) is 0 Å². The van der Waals surface area contributed by atoms with E-state index in [1.165, 1.54) is 0 Å². The van der Waals surface area contributed by atoms with Crippen molar-refractivity contribution < 1.29 is 9.59 Å². The third-order valence-electron chi connectivity index (χ3n) is 7.51. The van der Waals surface area contributed by atoms with Crippen LogP contribution in [0.4, 0.5) is 0 Å². The number of carbonyl (C=O) groups is 2. The number of amides is 2. The molecule has 4 aromatic rings. The highest BCUT2D eigenvalue weighted by Crippen LogP contribution is 2.40. The summed E-state index contributed by atoms with van der Waals surface area (Å²) < 4.78 is 0. The van der Waals surface area contributed by atoms with E-state index in [-0.39, 0.29) is 5.91 Å². The first-order valence-electron chi connectivity index (χ1n) is 13.0. The summed E-state index contributed by atoms with van der Waals surface area (Å²) in [6.07, 6.45) is 5.90.